The van der Waals surface area contributed by atoms with Crippen LogP contribution in [0.5, 0.6) is 0 Å². The number of nitrogens with two attached hydrogens (primary N) is 1. The van der Waals surface area contributed by atoms with Gasteiger partial charge in [0, 0.05) is 21.7 Å². The first kappa shape index (κ1) is 10.4. The van der Waals surface area contributed by atoms with Crippen molar-refractivity contribution in [3.63, 3.8) is 0 Å². The molecule has 0 aliphatic carbocycles. The molecule has 0 aliphatic rings. The van der Waals surface area contributed by atoms with E-state index in [4.69, 9.17) is 5.73 Å². The van der Waals surface area contributed by atoms with E-state index in [1.807, 2.05) is 6.07 Å². The topological polar surface area (TPSA) is 54.7 Å². The summed E-state index contributed by atoms with van der Waals surface area (Å²) in [5, 5.41) is 8.02. The van der Waals surface area contributed by atoms with Gasteiger partial charge in [-0.1, -0.05) is 13.8 Å². The third-order valence-electron chi connectivity index (χ3n) is 2.14. The van der Waals surface area contributed by atoms with Crippen LogP contribution in [0.4, 0.5) is 5.69 Å². The smallest absolute Gasteiger partial charge is 0.0662 e. The molecule has 0 saturated carbocycles. The molecule has 0 amide bonds. The maximum Gasteiger partial charge on any atom is 0.0662 e. The summed E-state index contributed by atoms with van der Waals surface area (Å²) in [6, 6.07) is 4.05. The van der Waals surface area contributed by atoms with Crippen molar-refractivity contribution in [1.82, 2.24) is 10.2 Å². The average Bonchev–Trinajstić information content (AvgIpc) is 2.60. The van der Waals surface area contributed by atoms with Crippen LogP contribution in [0.3, 0.4) is 0 Å². The Bertz CT molecular complexity index is 462. The molecule has 1 aromatic carbocycles. The number of aromatic nitrogens is 2. The van der Waals surface area contributed by atoms with Gasteiger partial charge >= 0.3 is 0 Å². The van der Waals surface area contributed by atoms with Crippen molar-refractivity contribution >= 4 is 28.4 Å². The highest BCUT2D eigenvalue weighted by Gasteiger charge is 2.05. The summed E-state index contributed by atoms with van der Waals surface area (Å²) in [7, 11) is 0. The molecule has 2 rings (SSSR count). The predicted molar refractivity (Wildman–Crippen MR) is 66.1 cm³/mol. The largest absolute Gasteiger partial charge is 0.398 e. The normalized spacial score (nSPS) is 11.4. The van der Waals surface area contributed by atoms with Crippen LogP contribution in [-0.4, -0.2) is 16.0 Å². The number of anilines is 1. The summed E-state index contributed by atoms with van der Waals surface area (Å²) >= 11 is 1.80. The molecule has 15 heavy (non-hydrogen) atoms. The van der Waals surface area contributed by atoms with Crippen LogP contribution in [0.2, 0.25) is 0 Å². The number of aromatic amines is 1. The highest BCUT2D eigenvalue weighted by molar-refractivity contribution is 7.99. The van der Waals surface area contributed by atoms with Gasteiger partial charge in [0.25, 0.3) is 0 Å². The summed E-state index contributed by atoms with van der Waals surface area (Å²) in [6.07, 6.45) is 1.79. The molecule has 3 nitrogen and oxygen atoms in total. The van der Waals surface area contributed by atoms with Gasteiger partial charge in [-0.25, -0.2) is 0 Å². The SMILES string of the molecule is CC(C)CSc1cc2[nH]ncc2cc1N. The average molecular weight is 221 g/mol. The number of rotatable bonds is 3. The summed E-state index contributed by atoms with van der Waals surface area (Å²) in [5.41, 5.74) is 7.86. The molecule has 0 bridgehead atoms. The number of nitrogens with one attached hydrogen (secondary N) is 1. The number of nitrogens with zero attached hydrogens (tertiary/aromatic N) is 1. The van der Waals surface area contributed by atoms with Gasteiger partial charge in [0.15, 0.2) is 0 Å². The van der Waals surface area contributed by atoms with Crippen molar-refractivity contribution < 1.29 is 0 Å². The van der Waals surface area contributed by atoms with Gasteiger partial charge in [0.1, 0.15) is 0 Å². The van der Waals surface area contributed by atoms with E-state index in [1.165, 1.54) is 0 Å². The van der Waals surface area contributed by atoms with Gasteiger partial charge in [-0.3, -0.25) is 5.10 Å². The summed E-state index contributed by atoms with van der Waals surface area (Å²) < 4.78 is 0. The zero-order chi connectivity index (χ0) is 10.8. The molecule has 2 aromatic rings. The molecule has 0 saturated heterocycles. The lowest BCUT2D eigenvalue weighted by Crippen LogP contribution is -1.93. The van der Waals surface area contributed by atoms with Crippen molar-refractivity contribution in [3.8, 4) is 0 Å². The number of fused-ring (bicyclic) bond motifs is 1. The molecule has 0 radical (unpaired) electrons. The van der Waals surface area contributed by atoms with E-state index in [0.717, 1.165) is 27.2 Å². The number of benzene rings is 1. The van der Waals surface area contributed by atoms with Crippen LogP contribution in [0.25, 0.3) is 10.9 Å². The molecule has 0 spiro atoms. The van der Waals surface area contributed by atoms with Crippen LogP contribution >= 0.6 is 11.8 Å². The summed E-state index contributed by atoms with van der Waals surface area (Å²) in [4.78, 5) is 1.14. The minimum Gasteiger partial charge on any atom is -0.398 e. The van der Waals surface area contributed by atoms with Crippen molar-refractivity contribution in [3.05, 3.63) is 18.3 Å². The zero-order valence-electron chi connectivity index (χ0n) is 8.95. The van der Waals surface area contributed by atoms with Gasteiger partial charge in [-0.15, -0.1) is 11.8 Å². The quantitative estimate of drug-likeness (QED) is 0.619. The Morgan fingerprint density at radius 2 is 2.27 bits per heavy atom. The highest BCUT2D eigenvalue weighted by Crippen LogP contribution is 2.30. The third-order valence-corrected chi connectivity index (χ3v) is 3.64. The van der Waals surface area contributed by atoms with Gasteiger partial charge in [-0.05, 0) is 18.1 Å². The fourth-order valence-corrected chi connectivity index (χ4v) is 2.31. The van der Waals surface area contributed by atoms with Crippen molar-refractivity contribution in [1.29, 1.82) is 0 Å². The fraction of sp³-hybridized carbons (Fsp3) is 0.364. The van der Waals surface area contributed by atoms with Crippen LogP contribution in [-0.2, 0) is 0 Å². The van der Waals surface area contributed by atoms with E-state index in [2.05, 4.69) is 30.1 Å². The lowest BCUT2D eigenvalue weighted by molar-refractivity contribution is 0.750. The van der Waals surface area contributed by atoms with Crippen molar-refractivity contribution in [2.24, 2.45) is 5.92 Å². The molecule has 0 unspecified atom stereocenters. The minimum absolute atomic E-state index is 0.673. The number of hydrogen-bond donors (Lipinski definition) is 2. The van der Waals surface area contributed by atoms with Crippen molar-refractivity contribution in [2.75, 3.05) is 11.5 Å². The molecular formula is C11H15N3S. The number of H-pyrrole nitrogens is 1. The highest BCUT2D eigenvalue weighted by atomic mass is 32.2. The van der Waals surface area contributed by atoms with Crippen LogP contribution < -0.4 is 5.73 Å². The van der Waals surface area contributed by atoms with Crippen LogP contribution in [0.15, 0.2) is 23.2 Å². The summed E-state index contributed by atoms with van der Waals surface area (Å²) in [5.74, 6) is 1.76. The molecule has 3 N–H and O–H groups in total. The zero-order valence-corrected chi connectivity index (χ0v) is 9.77. The lowest BCUT2D eigenvalue weighted by Gasteiger charge is -2.07. The van der Waals surface area contributed by atoms with E-state index in [9.17, 15) is 0 Å². The van der Waals surface area contributed by atoms with E-state index >= 15 is 0 Å². The van der Waals surface area contributed by atoms with Gasteiger partial charge in [-0.2, -0.15) is 5.10 Å². The van der Waals surface area contributed by atoms with Crippen LogP contribution in [0.1, 0.15) is 13.8 Å². The molecule has 1 heterocycles. The predicted octanol–water partition coefficient (Wildman–Crippen LogP) is 2.89. The van der Waals surface area contributed by atoms with Crippen molar-refractivity contribution in [2.45, 2.75) is 18.7 Å². The Kier molecular flexibility index (Phi) is 2.86. The van der Waals surface area contributed by atoms with E-state index in [0.29, 0.717) is 5.92 Å². The van der Waals surface area contributed by atoms with Crippen LogP contribution in [0, 0.1) is 5.92 Å². The maximum absolute atomic E-state index is 5.97. The first-order valence-corrected chi connectivity index (χ1v) is 6.01. The Morgan fingerprint density at radius 3 is 3.00 bits per heavy atom. The van der Waals surface area contributed by atoms with Gasteiger partial charge in [0.05, 0.1) is 11.7 Å². The minimum atomic E-state index is 0.673. The molecule has 0 fully saturated rings. The Morgan fingerprint density at radius 1 is 1.47 bits per heavy atom. The van der Waals surface area contributed by atoms with E-state index in [-0.39, 0.29) is 0 Å². The molecule has 1 aromatic heterocycles. The molecule has 0 atom stereocenters. The third kappa shape index (κ3) is 2.26. The molecule has 80 valence electrons. The Balaban J connectivity index is 2.29. The standard InChI is InChI=1S/C11H15N3S/c1-7(2)6-15-11-4-10-8(3-9(11)12)5-13-14-10/h3-5,7H,6,12H2,1-2H3,(H,13,14). The van der Waals surface area contributed by atoms with E-state index < -0.39 is 0 Å². The Hall–Kier alpha value is -1.16. The van der Waals surface area contributed by atoms with E-state index in [1.54, 1.807) is 18.0 Å². The second-order valence-electron chi connectivity index (χ2n) is 4.05. The number of thioether (sulfide) groups is 1. The summed E-state index contributed by atoms with van der Waals surface area (Å²) in [6.45, 7) is 4.41. The monoisotopic (exact) mass is 221 g/mol. The number of nitrogen functional groups attached to an aromatic ring is 1. The first-order chi connectivity index (χ1) is 7.16. The van der Waals surface area contributed by atoms with Gasteiger partial charge < -0.3 is 5.73 Å². The maximum atomic E-state index is 5.97. The Labute approximate surface area is 93.4 Å². The fourth-order valence-electron chi connectivity index (χ4n) is 1.37. The molecule has 0 aliphatic heterocycles. The number of hydrogen-bond acceptors (Lipinski definition) is 3. The van der Waals surface area contributed by atoms with Gasteiger partial charge in [0.2, 0.25) is 0 Å². The lowest BCUT2D eigenvalue weighted by atomic mass is 10.2. The second kappa shape index (κ2) is 4.14. The second-order valence-corrected chi connectivity index (χ2v) is 5.11. The first-order valence-electron chi connectivity index (χ1n) is 5.02. The molecule has 4 heteroatoms. The molecular weight excluding hydrogens is 206 g/mol.